The predicted octanol–water partition coefficient (Wildman–Crippen LogP) is 13.1. The summed E-state index contributed by atoms with van der Waals surface area (Å²) in [6, 6.07) is 45.9. The summed E-state index contributed by atoms with van der Waals surface area (Å²) < 4.78 is 76.5. The van der Waals surface area contributed by atoms with Gasteiger partial charge in [-0.15, -0.1) is 12.4 Å². The Bertz CT molecular complexity index is 5010. The summed E-state index contributed by atoms with van der Waals surface area (Å²) in [6.45, 7) is 17.6. The van der Waals surface area contributed by atoms with Crippen LogP contribution in [0.15, 0.2) is 188 Å². The number of esters is 2. The third kappa shape index (κ3) is 21.4. The van der Waals surface area contributed by atoms with E-state index < -0.39 is 13.1 Å². The molecule has 10 N–H and O–H groups in total. The number of aliphatic carboxylic acids is 1. The van der Waals surface area contributed by atoms with Gasteiger partial charge in [0.1, 0.15) is 65.5 Å². The summed E-state index contributed by atoms with van der Waals surface area (Å²) in [5, 5.41) is 29.5. The van der Waals surface area contributed by atoms with E-state index in [0.29, 0.717) is 93.4 Å². The largest absolute Gasteiger partial charge is 1.00 e. The zero-order valence-electron chi connectivity index (χ0n) is 60.6. The van der Waals surface area contributed by atoms with Gasteiger partial charge in [0.25, 0.3) is 0 Å². The summed E-state index contributed by atoms with van der Waals surface area (Å²) in [6.07, 6.45) is 5.04. The first-order chi connectivity index (χ1) is 49.5. The van der Waals surface area contributed by atoms with Crippen molar-refractivity contribution in [3.63, 3.8) is 0 Å². The minimum Gasteiger partial charge on any atom is -0.870 e. The maximum Gasteiger partial charge on any atom is 1.00 e. The van der Waals surface area contributed by atoms with E-state index in [1.807, 2.05) is 133 Å². The SMILES string of the molecule is CCOC(=O)Cc1ccc(C)c(C)c1OCc1cc(-c2cccc(CN)c2F)c2occc2c1.CCOC(=O)Cc1ccc(C)c(C)c1OCc1cc(Br)c2occc2c1.Cc1ccc(CC(=O)O)c(OCc2cc(-c3cccc(CN)c3F)c3occc3c2)c1C.Cl.NCc1cccc(B(O)O)c1.[Li+].[OH-]. The van der Waals surface area contributed by atoms with Gasteiger partial charge in [-0.3, -0.25) is 14.4 Å². The number of ether oxygens (including phenoxy) is 5. The molecule has 3 heterocycles. The first-order valence-corrected chi connectivity index (χ1v) is 34.3. The second kappa shape index (κ2) is 40.3. The number of hydrogen-bond acceptors (Lipinski definition) is 17. The molecule has 0 fully saturated rings. The zero-order chi connectivity index (χ0) is 74.0. The van der Waals surface area contributed by atoms with Crippen molar-refractivity contribution in [1.82, 2.24) is 0 Å². The Morgan fingerprint density at radius 2 is 0.840 bits per heavy atom. The fourth-order valence-corrected chi connectivity index (χ4v) is 12.3. The first kappa shape index (κ1) is 85.4. The number of aryl methyl sites for hydroxylation is 3. The van der Waals surface area contributed by atoms with Crippen molar-refractivity contribution in [2.45, 2.75) is 114 Å². The first-order valence-electron chi connectivity index (χ1n) is 33.5. The molecule has 0 bridgehead atoms. The maximum absolute atomic E-state index is 15.1. The molecule has 106 heavy (non-hydrogen) atoms. The number of carbonyl (C=O) groups is 3. The molecule has 0 amide bonds. The van der Waals surface area contributed by atoms with Crippen LogP contribution in [0.2, 0.25) is 0 Å². The molecular formula is C82H85BBrClF2LiN3O15. The number of hydrogen-bond donors (Lipinski definition) is 6. The summed E-state index contributed by atoms with van der Waals surface area (Å²) in [7, 11) is -1.40. The number of nitrogens with two attached hydrogens (primary N) is 3. The van der Waals surface area contributed by atoms with Crippen LogP contribution in [0.3, 0.4) is 0 Å². The standard InChI is InChI=1S/C28H28FNO4.C26H24FNO4.C21H21BrO4.C7H10BNO2.ClH.Li.H2O/c1-4-32-25(31)14-20-9-8-17(2)18(3)27(20)34-16-19-12-21-10-11-33-28(21)24(13-19)23-7-5-6-22(15-30)26(23)29;1-15-6-7-18(12-23(29)30)25(16(15)2)32-14-17-10-19-8-9-31-26(19)22(11-17)21-5-3-4-20(13-28)24(21)27;1-4-24-19(23)11-16-6-5-13(2)14(3)20(16)26-12-15-9-17-7-8-25-21(17)18(22)10-15;9-5-6-2-1-3-7(4-6)8(10)11;;;/h5-13H,4,14-16,30H2,1-3H3;3-11H,12-14,28H2,1-2H3,(H,29,30);5-10H,4,11-12H2,1-3H3;1-4,10-11H,5,9H2;1H;;1H2/q;;;;;+1;/p-1. The molecule has 3 aromatic heterocycles. The third-order valence-electron chi connectivity index (χ3n) is 17.5. The maximum atomic E-state index is 15.1. The van der Waals surface area contributed by atoms with Gasteiger partial charge in [0.2, 0.25) is 0 Å². The van der Waals surface area contributed by atoms with Gasteiger partial charge in [-0.25, -0.2) is 8.78 Å². The number of furan rings is 3. The van der Waals surface area contributed by atoms with Crippen molar-refractivity contribution in [1.29, 1.82) is 0 Å². The van der Waals surface area contributed by atoms with E-state index in [-0.39, 0.29) is 106 Å². The number of fused-ring (bicyclic) bond motifs is 3. The van der Waals surface area contributed by atoms with Crippen molar-refractivity contribution in [3.05, 3.63) is 270 Å². The van der Waals surface area contributed by atoms with E-state index in [1.54, 1.807) is 93.3 Å². The number of carboxylic acids is 1. The molecule has 0 atom stereocenters. The van der Waals surface area contributed by atoms with Crippen LogP contribution in [0.25, 0.3) is 55.2 Å². The average molecular weight is 1520 g/mol. The molecule has 0 saturated heterocycles. The van der Waals surface area contributed by atoms with Gasteiger partial charge in [-0.05, 0) is 187 Å². The smallest absolute Gasteiger partial charge is 0.870 e. The predicted molar refractivity (Wildman–Crippen MR) is 409 cm³/mol. The molecule has 0 aliphatic rings. The minimum atomic E-state index is -1.40. The summed E-state index contributed by atoms with van der Waals surface area (Å²) in [5.41, 5.74) is 34.1. The molecule has 0 saturated carbocycles. The Morgan fingerprint density at radius 1 is 0.462 bits per heavy atom. The molecule has 24 heteroatoms. The zero-order valence-corrected chi connectivity index (χ0v) is 63.0. The normalized spacial score (nSPS) is 10.6. The number of carbonyl (C=O) groups excluding carboxylic acids is 2. The summed E-state index contributed by atoms with van der Waals surface area (Å²) in [5.74, 6) is -0.208. The van der Waals surface area contributed by atoms with Crippen molar-refractivity contribution in [2.75, 3.05) is 13.2 Å². The molecule has 550 valence electrons. The Hall–Kier alpha value is -9.54. The second-order valence-corrected chi connectivity index (χ2v) is 25.4. The number of benzene rings is 9. The minimum absolute atomic E-state index is 0. The van der Waals surface area contributed by atoms with Crippen LogP contribution in [0, 0.1) is 53.2 Å². The van der Waals surface area contributed by atoms with Crippen molar-refractivity contribution in [2.24, 2.45) is 17.2 Å². The van der Waals surface area contributed by atoms with Crippen LogP contribution >= 0.6 is 28.3 Å². The molecule has 0 unspecified atom stereocenters. The summed E-state index contributed by atoms with van der Waals surface area (Å²) >= 11 is 3.53. The Labute approximate surface area is 641 Å². The van der Waals surface area contributed by atoms with Crippen molar-refractivity contribution in [3.8, 4) is 39.5 Å². The van der Waals surface area contributed by atoms with E-state index in [1.165, 1.54) is 0 Å². The molecule has 18 nitrogen and oxygen atoms in total. The van der Waals surface area contributed by atoms with Gasteiger partial charge in [0.15, 0.2) is 0 Å². The van der Waals surface area contributed by atoms with Gasteiger partial charge < -0.3 is 74.8 Å². The number of carboxylic acid groups (broad SMARTS) is 1. The number of halogens is 4. The van der Waals surface area contributed by atoms with Crippen molar-refractivity contribution >= 4 is 91.7 Å². The van der Waals surface area contributed by atoms with E-state index in [4.69, 9.17) is 64.2 Å². The molecule has 0 aliphatic carbocycles. The van der Waals surface area contributed by atoms with E-state index in [0.717, 1.165) is 98.7 Å². The van der Waals surface area contributed by atoms with Gasteiger partial charge >= 0.3 is 43.9 Å². The van der Waals surface area contributed by atoms with Gasteiger partial charge in [0.05, 0.1) is 55.7 Å². The Balaban J connectivity index is 0.000000230. The molecule has 0 aliphatic heterocycles. The fraction of sp³-hybridized carbons (Fsp3) is 0.232. The topological polar surface area (TPSA) is 306 Å². The van der Waals surface area contributed by atoms with Crippen LogP contribution in [0.4, 0.5) is 8.78 Å². The molecule has 12 aromatic rings. The van der Waals surface area contributed by atoms with Crippen LogP contribution in [0.5, 0.6) is 17.2 Å². The van der Waals surface area contributed by atoms with Crippen molar-refractivity contribution < 1.29 is 99.6 Å². The van der Waals surface area contributed by atoms with E-state index in [9.17, 15) is 19.5 Å². The Morgan fingerprint density at radius 3 is 1.22 bits per heavy atom. The van der Waals surface area contributed by atoms with Crippen LogP contribution in [0.1, 0.15) is 97.3 Å². The third-order valence-corrected chi connectivity index (χ3v) is 18.1. The molecular weight excluding hydrogens is 1440 g/mol. The monoisotopic (exact) mass is 1520 g/mol. The van der Waals surface area contributed by atoms with Crippen LogP contribution in [-0.2, 0) is 82.6 Å². The average Bonchev–Trinajstić information content (AvgIpc) is 1.44. The Kier molecular flexibility index (Phi) is 32.4. The quantitative estimate of drug-likeness (QED) is 0.0256. The van der Waals surface area contributed by atoms with Crippen LogP contribution < -0.4 is 55.7 Å². The number of rotatable bonds is 23. The van der Waals surface area contributed by atoms with Crippen LogP contribution in [-0.4, -0.2) is 58.9 Å². The summed E-state index contributed by atoms with van der Waals surface area (Å²) in [4.78, 5) is 35.3. The molecule has 0 radical (unpaired) electrons. The molecule has 0 spiro atoms. The van der Waals surface area contributed by atoms with Gasteiger partial charge in [-0.1, -0.05) is 97.1 Å². The van der Waals surface area contributed by atoms with E-state index in [2.05, 4.69) is 15.9 Å². The molecule has 9 aromatic carbocycles. The second-order valence-electron chi connectivity index (χ2n) is 24.6. The fourth-order valence-electron chi connectivity index (χ4n) is 11.7. The van der Waals surface area contributed by atoms with Gasteiger partial charge in [0, 0.05) is 85.9 Å². The molecule has 12 rings (SSSR count). The van der Waals surface area contributed by atoms with E-state index >= 15 is 8.78 Å². The van der Waals surface area contributed by atoms with Gasteiger partial charge in [-0.2, -0.15) is 0 Å².